The van der Waals surface area contributed by atoms with Crippen LogP contribution in [0.15, 0.2) is 24.3 Å². The van der Waals surface area contributed by atoms with Gasteiger partial charge in [0.1, 0.15) is 6.04 Å². The third-order valence-electron chi connectivity index (χ3n) is 6.92. The highest BCUT2D eigenvalue weighted by molar-refractivity contribution is 9.12. The number of fused-ring (bicyclic) bond motifs is 5. The summed E-state index contributed by atoms with van der Waals surface area (Å²) in [7, 11) is 0. The molecule has 0 radical (unpaired) electrons. The molecule has 2 bridgehead atoms. The van der Waals surface area contributed by atoms with Crippen LogP contribution in [0.1, 0.15) is 30.6 Å². The highest BCUT2D eigenvalue weighted by atomic mass is 79.9. The fraction of sp³-hybridized carbons (Fsp3) is 0.545. The second-order valence-corrected chi connectivity index (χ2v) is 11.2. The van der Waals surface area contributed by atoms with E-state index in [1.807, 2.05) is 0 Å². The van der Waals surface area contributed by atoms with Gasteiger partial charge in [-0.1, -0.05) is 45.7 Å². The number of carbonyl (C=O) groups excluding carboxylic acids is 4. The van der Waals surface area contributed by atoms with Gasteiger partial charge < -0.3 is 4.74 Å². The molecule has 0 spiro atoms. The number of non-ortho nitro benzene ring substituents is 1. The summed E-state index contributed by atoms with van der Waals surface area (Å²) in [5.41, 5.74) is -0.00826. The smallest absolute Gasteiger partial charge is 0.330 e. The molecule has 1 aromatic carbocycles. The van der Waals surface area contributed by atoms with Crippen molar-refractivity contribution in [3.63, 3.8) is 0 Å². The summed E-state index contributed by atoms with van der Waals surface area (Å²) < 4.78 is 5.22. The molecule has 33 heavy (non-hydrogen) atoms. The quantitative estimate of drug-likeness (QED) is 0.120. The summed E-state index contributed by atoms with van der Waals surface area (Å²) in [4.78, 5) is 63.3. The monoisotopic (exact) mass is 584 g/mol. The van der Waals surface area contributed by atoms with Crippen molar-refractivity contribution in [2.45, 2.75) is 36.0 Å². The van der Waals surface area contributed by atoms with Crippen LogP contribution in [0.4, 0.5) is 5.69 Å². The number of halogens is 2. The van der Waals surface area contributed by atoms with Crippen LogP contribution in [0.25, 0.3) is 0 Å². The number of ether oxygens (including phenoxy) is 1. The molecule has 2 aliphatic carbocycles. The first-order chi connectivity index (χ1) is 15.5. The van der Waals surface area contributed by atoms with Crippen LogP contribution in [0.2, 0.25) is 0 Å². The van der Waals surface area contributed by atoms with Crippen LogP contribution in [0, 0.1) is 39.7 Å². The van der Waals surface area contributed by atoms with Crippen LogP contribution in [-0.2, 0) is 19.1 Å². The minimum atomic E-state index is -1.12. The van der Waals surface area contributed by atoms with E-state index in [9.17, 15) is 29.3 Å². The lowest BCUT2D eigenvalue weighted by Gasteiger charge is -2.28. The lowest BCUT2D eigenvalue weighted by atomic mass is 9.81. The van der Waals surface area contributed by atoms with Crippen molar-refractivity contribution < 1.29 is 28.8 Å². The Morgan fingerprint density at radius 1 is 1.09 bits per heavy atom. The molecule has 9 nitrogen and oxygen atoms in total. The number of Topliss-reactive ketones (excluding diaryl/α,β-unsaturated/α-hetero) is 1. The zero-order valence-corrected chi connectivity index (χ0v) is 21.0. The molecule has 1 saturated heterocycles. The molecule has 7 atom stereocenters. The minimum absolute atomic E-state index is 0.0263. The fourth-order valence-corrected chi connectivity index (χ4v) is 7.27. The Labute approximate surface area is 206 Å². The predicted molar refractivity (Wildman–Crippen MR) is 123 cm³/mol. The van der Waals surface area contributed by atoms with Gasteiger partial charge in [-0.15, -0.1) is 0 Å². The number of amides is 2. The SMILES string of the molecule is CC(C)C(C(=O)OCC(=O)c1ccc([N+](=O)[O-])cc1)N1C(=O)C2C3CC(C(Br)C3Br)C2C1=O. The van der Waals surface area contributed by atoms with E-state index in [-0.39, 0.29) is 44.6 Å². The Kier molecular flexibility index (Phi) is 6.47. The number of carbonyl (C=O) groups is 4. The highest BCUT2D eigenvalue weighted by Gasteiger charge is 2.67. The van der Waals surface area contributed by atoms with Gasteiger partial charge in [-0.05, 0) is 36.3 Å². The summed E-state index contributed by atoms with van der Waals surface area (Å²) in [6.45, 7) is 2.84. The average Bonchev–Trinajstić information content (AvgIpc) is 3.38. The van der Waals surface area contributed by atoms with Gasteiger partial charge in [0.05, 0.1) is 16.8 Å². The van der Waals surface area contributed by atoms with Crippen LogP contribution < -0.4 is 0 Å². The lowest BCUT2D eigenvalue weighted by Crippen LogP contribution is -2.50. The number of nitro groups is 1. The zero-order chi connectivity index (χ0) is 24.2. The van der Waals surface area contributed by atoms with Crippen LogP contribution >= 0.6 is 31.9 Å². The summed E-state index contributed by atoms with van der Waals surface area (Å²) in [5, 5.41) is 10.8. The average molecular weight is 586 g/mol. The maximum Gasteiger partial charge on any atom is 0.330 e. The van der Waals surface area contributed by atoms with E-state index in [1.54, 1.807) is 13.8 Å². The zero-order valence-electron chi connectivity index (χ0n) is 17.9. The maximum absolute atomic E-state index is 13.3. The van der Waals surface area contributed by atoms with Gasteiger partial charge >= 0.3 is 5.97 Å². The topological polar surface area (TPSA) is 124 Å². The second-order valence-electron chi connectivity index (χ2n) is 9.07. The third-order valence-corrected chi connectivity index (χ3v) is 10.1. The number of hydrogen-bond acceptors (Lipinski definition) is 7. The Hall–Kier alpha value is -2.14. The summed E-state index contributed by atoms with van der Waals surface area (Å²) in [6, 6.07) is 3.82. The normalized spacial score (nSPS) is 31.1. The molecule has 2 saturated carbocycles. The van der Waals surface area contributed by atoms with Crippen LogP contribution in [-0.4, -0.2) is 55.7 Å². The largest absolute Gasteiger partial charge is 0.456 e. The molecule has 1 aliphatic heterocycles. The molecule has 3 fully saturated rings. The summed E-state index contributed by atoms with van der Waals surface area (Å²) >= 11 is 7.28. The molecule has 0 aromatic heterocycles. The van der Waals surface area contributed by atoms with Gasteiger partial charge in [0, 0.05) is 27.4 Å². The number of hydrogen-bond donors (Lipinski definition) is 0. The Morgan fingerprint density at radius 3 is 2.06 bits per heavy atom. The Morgan fingerprint density at radius 2 is 1.61 bits per heavy atom. The molecular weight excluding hydrogens is 564 g/mol. The minimum Gasteiger partial charge on any atom is -0.456 e. The van der Waals surface area contributed by atoms with E-state index in [2.05, 4.69) is 31.9 Å². The van der Waals surface area contributed by atoms with E-state index in [1.165, 1.54) is 24.3 Å². The number of benzene rings is 1. The van der Waals surface area contributed by atoms with Crippen LogP contribution in [0.5, 0.6) is 0 Å². The van der Waals surface area contributed by atoms with Gasteiger partial charge in [-0.2, -0.15) is 0 Å². The number of likely N-dealkylation sites (tertiary alicyclic amines) is 1. The van der Waals surface area contributed by atoms with Crippen molar-refractivity contribution in [2.24, 2.45) is 29.6 Å². The molecule has 0 N–H and O–H groups in total. The van der Waals surface area contributed by atoms with Gasteiger partial charge in [-0.25, -0.2) is 4.79 Å². The first-order valence-corrected chi connectivity index (χ1v) is 12.5. The number of imide groups is 1. The number of esters is 1. The van der Waals surface area contributed by atoms with E-state index < -0.39 is 47.1 Å². The van der Waals surface area contributed by atoms with E-state index >= 15 is 0 Å². The van der Waals surface area contributed by atoms with Gasteiger partial charge in [0.15, 0.2) is 12.4 Å². The van der Waals surface area contributed by atoms with Crippen LogP contribution in [0.3, 0.4) is 0 Å². The van der Waals surface area contributed by atoms with E-state index in [4.69, 9.17) is 4.74 Å². The molecule has 1 aromatic rings. The fourth-order valence-electron chi connectivity index (χ4n) is 5.40. The molecule has 11 heteroatoms. The molecule has 3 aliphatic rings. The molecule has 176 valence electrons. The van der Waals surface area contributed by atoms with E-state index in [0.29, 0.717) is 0 Å². The van der Waals surface area contributed by atoms with Crippen molar-refractivity contribution >= 4 is 61.1 Å². The van der Waals surface area contributed by atoms with Crippen molar-refractivity contribution in [3.05, 3.63) is 39.9 Å². The van der Waals surface area contributed by atoms with Crippen molar-refractivity contribution in [3.8, 4) is 0 Å². The number of nitrogens with zero attached hydrogens (tertiary/aromatic N) is 2. The molecule has 4 rings (SSSR count). The van der Waals surface area contributed by atoms with Gasteiger partial charge in [-0.3, -0.25) is 29.4 Å². The number of nitro benzene ring substituents is 1. The maximum atomic E-state index is 13.3. The van der Waals surface area contributed by atoms with Crippen molar-refractivity contribution in [2.75, 3.05) is 6.61 Å². The number of alkyl halides is 2. The first kappa shape index (κ1) is 24.0. The Bertz CT molecular complexity index is 996. The lowest BCUT2D eigenvalue weighted by molar-refractivity contribution is -0.384. The van der Waals surface area contributed by atoms with Gasteiger partial charge in [0.2, 0.25) is 11.8 Å². The standard InChI is InChI=1S/C22H22Br2N2O7/c1-9(2)19(22(30)33-8-14(27)10-3-5-11(6-4-10)26(31)32)25-20(28)15-12-7-13(16(15)21(25)29)18(24)17(12)23/h3-6,9,12-13,15-19H,7-8H2,1-2H3. The predicted octanol–water partition coefficient (Wildman–Crippen LogP) is 3.12. The molecule has 7 unspecified atom stereocenters. The van der Waals surface area contributed by atoms with Gasteiger partial charge in [0.25, 0.3) is 5.69 Å². The molecule has 1 heterocycles. The molecular formula is C22H22Br2N2O7. The van der Waals surface area contributed by atoms with Crippen molar-refractivity contribution in [1.29, 1.82) is 0 Å². The number of rotatable bonds is 7. The highest BCUT2D eigenvalue weighted by Crippen LogP contribution is 2.60. The Balaban J connectivity index is 1.47. The number of ketones is 1. The van der Waals surface area contributed by atoms with E-state index in [0.717, 1.165) is 11.3 Å². The second kappa shape index (κ2) is 8.90. The third kappa shape index (κ3) is 3.92. The first-order valence-electron chi connectivity index (χ1n) is 10.6. The summed E-state index contributed by atoms with van der Waals surface area (Å²) in [6.07, 6.45) is 0.785. The molecule has 2 amide bonds. The summed E-state index contributed by atoms with van der Waals surface area (Å²) in [5.74, 6) is -3.31. The van der Waals surface area contributed by atoms with Crippen molar-refractivity contribution in [1.82, 2.24) is 4.90 Å².